The van der Waals surface area contributed by atoms with Gasteiger partial charge in [0.15, 0.2) is 15.7 Å². The van der Waals surface area contributed by atoms with Crippen molar-refractivity contribution in [2.45, 2.75) is 43.1 Å². The molecule has 1 saturated carbocycles. The van der Waals surface area contributed by atoms with Crippen molar-refractivity contribution in [1.82, 2.24) is 9.97 Å². The Hall–Kier alpha value is -2.03. The van der Waals surface area contributed by atoms with Crippen LogP contribution >= 0.6 is 11.6 Å². The van der Waals surface area contributed by atoms with Crippen LogP contribution in [0.25, 0.3) is 0 Å². The molecule has 1 amide bonds. The quantitative estimate of drug-likeness (QED) is 0.765. The van der Waals surface area contributed by atoms with E-state index in [0.717, 1.165) is 19.1 Å². The molecule has 0 bridgehead atoms. The van der Waals surface area contributed by atoms with Crippen LogP contribution < -0.4 is 4.90 Å². The Bertz CT molecular complexity index is 953. The highest BCUT2D eigenvalue weighted by atomic mass is 35.5. The van der Waals surface area contributed by atoms with Crippen LogP contribution in [-0.4, -0.2) is 41.8 Å². The first-order valence-electron chi connectivity index (χ1n) is 9.02. The van der Waals surface area contributed by atoms with Gasteiger partial charge in [-0.1, -0.05) is 11.6 Å². The highest BCUT2D eigenvalue weighted by molar-refractivity contribution is 7.90. The maximum atomic E-state index is 13.0. The fourth-order valence-corrected chi connectivity index (χ4v) is 4.81. The molecule has 7 nitrogen and oxygen atoms in total. The number of aliphatic hydroxyl groups is 1. The van der Waals surface area contributed by atoms with E-state index in [0.29, 0.717) is 30.3 Å². The normalized spacial score (nSPS) is 19.5. The van der Waals surface area contributed by atoms with Gasteiger partial charge in [0.2, 0.25) is 5.91 Å². The summed E-state index contributed by atoms with van der Waals surface area (Å²) in [5, 5.41) is 9.72. The zero-order valence-corrected chi connectivity index (χ0v) is 17.0. The number of rotatable bonds is 6. The summed E-state index contributed by atoms with van der Waals surface area (Å²) in [5.41, 5.74) is 0.425. The monoisotopic (exact) mass is 423 g/mol. The molecule has 2 aromatic rings. The number of aromatic nitrogens is 2. The third kappa shape index (κ3) is 4.87. The third-order valence-electron chi connectivity index (χ3n) is 4.88. The van der Waals surface area contributed by atoms with Gasteiger partial charge in [-0.05, 0) is 49.8 Å². The van der Waals surface area contributed by atoms with Gasteiger partial charge in [-0.25, -0.2) is 13.4 Å². The number of hydrogen-bond acceptors (Lipinski definition) is 6. The predicted octanol–water partition coefficient (Wildman–Crippen LogP) is 3.14. The van der Waals surface area contributed by atoms with Gasteiger partial charge in [0.25, 0.3) is 0 Å². The summed E-state index contributed by atoms with van der Waals surface area (Å²) in [7, 11) is -3.47. The number of benzene rings is 1. The molecule has 1 aromatic heterocycles. The Morgan fingerprint density at radius 3 is 2.68 bits per heavy atom. The smallest absolute Gasteiger partial charge is 0.232 e. The minimum absolute atomic E-state index is 0.00408. The van der Waals surface area contributed by atoms with Crippen LogP contribution in [0.4, 0.5) is 11.5 Å². The lowest BCUT2D eigenvalue weighted by atomic mass is 10.0. The van der Waals surface area contributed by atoms with Crippen molar-refractivity contribution in [3.05, 3.63) is 41.8 Å². The summed E-state index contributed by atoms with van der Waals surface area (Å²) < 4.78 is 23.6. The molecule has 28 heavy (non-hydrogen) atoms. The average Bonchev–Trinajstić information content (AvgIpc) is 3.05. The van der Waals surface area contributed by atoms with Crippen molar-refractivity contribution in [2.75, 3.05) is 11.2 Å². The zero-order chi connectivity index (χ0) is 20.3. The molecule has 0 saturated heterocycles. The molecule has 2 atom stereocenters. The number of anilines is 2. The number of aliphatic hydroxyl groups excluding tert-OH is 1. The number of amides is 1. The van der Waals surface area contributed by atoms with Crippen molar-refractivity contribution in [2.24, 2.45) is 5.92 Å². The molecule has 0 spiro atoms. The summed E-state index contributed by atoms with van der Waals surface area (Å²) in [6, 6.07) is 4.37. The van der Waals surface area contributed by atoms with Gasteiger partial charge in [-0.15, -0.1) is 0 Å². The molecule has 1 heterocycles. The van der Waals surface area contributed by atoms with E-state index in [1.54, 1.807) is 0 Å². The molecule has 0 radical (unpaired) electrons. The average molecular weight is 424 g/mol. The second-order valence-electron chi connectivity index (χ2n) is 7.05. The van der Waals surface area contributed by atoms with Gasteiger partial charge in [0.05, 0.1) is 27.9 Å². The molecule has 9 heteroatoms. The Balaban J connectivity index is 1.87. The first kappa shape index (κ1) is 20.7. The van der Waals surface area contributed by atoms with Crippen LogP contribution in [-0.2, 0) is 14.6 Å². The van der Waals surface area contributed by atoms with Crippen LogP contribution in [0.3, 0.4) is 0 Å². The van der Waals surface area contributed by atoms with E-state index in [2.05, 4.69) is 9.97 Å². The summed E-state index contributed by atoms with van der Waals surface area (Å²) in [6.07, 6.45) is 8.60. The fraction of sp³-hybridized carbons (Fsp3) is 0.421. The lowest BCUT2D eigenvalue weighted by Crippen LogP contribution is -2.27. The third-order valence-corrected chi connectivity index (χ3v) is 6.46. The fourth-order valence-electron chi connectivity index (χ4n) is 3.49. The number of nitrogens with zero attached hydrogens (tertiary/aromatic N) is 3. The second kappa shape index (κ2) is 8.55. The topological polar surface area (TPSA) is 100 Å². The van der Waals surface area contributed by atoms with Crippen LogP contribution in [0, 0.1) is 5.92 Å². The predicted molar refractivity (Wildman–Crippen MR) is 106 cm³/mol. The molecule has 1 N–H and O–H groups in total. The van der Waals surface area contributed by atoms with Gasteiger partial charge in [0.1, 0.15) is 0 Å². The maximum absolute atomic E-state index is 13.0. The Kier molecular flexibility index (Phi) is 6.32. The maximum Gasteiger partial charge on any atom is 0.232 e. The Morgan fingerprint density at radius 1 is 1.32 bits per heavy atom. The second-order valence-corrected chi connectivity index (χ2v) is 9.44. The van der Waals surface area contributed by atoms with E-state index in [9.17, 15) is 18.3 Å². The summed E-state index contributed by atoms with van der Waals surface area (Å²) in [6.45, 7) is 0. The van der Waals surface area contributed by atoms with Crippen molar-refractivity contribution in [1.29, 1.82) is 0 Å². The first-order valence-corrected chi connectivity index (χ1v) is 11.3. The van der Waals surface area contributed by atoms with Crippen molar-refractivity contribution >= 4 is 38.9 Å². The Labute approximate surface area is 169 Å². The Morgan fingerprint density at radius 2 is 2.11 bits per heavy atom. The molecule has 1 fully saturated rings. The van der Waals surface area contributed by atoms with Gasteiger partial charge < -0.3 is 5.11 Å². The molecule has 150 valence electrons. The van der Waals surface area contributed by atoms with Gasteiger partial charge in [-0.3, -0.25) is 14.7 Å². The number of carbonyl (C=O) groups is 1. The molecule has 1 unspecified atom stereocenters. The summed E-state index contributed by atoms with van der Waals surface area (Å²) >= 11 is 6.17. The number of sulfone groups is 1. The van der Waals surface area contributed by atoms with Crippen molar-refractivity contribution in [3.8, 4) is 0 Å². The van der Waals surface area contributed by atoms with Crippen LogP contribution in [0.2, 0.25) is 5.02 Å². The number of carbonyl (C=O) groups excluding carboxylic acids is 1. The van der Waals surface area contributed by atoms with Crippen molar-refractivity contribution < 1.29 is 18.3 Å². The lowest BCUT2D eigenvalue weighted by Gasteiger charge is -2.23. The number of hydrogen-bond donors (Lipinski definition) is 1. The van der Waals surface area contributed by atoms with E-state index < -0.39 is 9.84 Å². The zero-order valence-electron chi connectivity index (χ0n) is 15.5. The van der Waals surface area contributed by atoms with E-state index in [1.807, 2.05) is 0 Å². The van der Waals surface area contributed by atoms with Gasteiger partial charge >= 0.3 is 0 Å². The van der Waals surface area contributed by atoms with E-state index in [-0.39, 0.29) is 28.4 Å². The van der Waals surface area contributed by atoms with E-state index in [4.69, 9.17) is 11.6 Å². The minimum Gasteiger partial charge on any atom is -0.393 e. The molecule has 1 aliphatic rings. The lowest BCUT2D eigenvalue weighted by molar-refractivity contribution is -0.118. The molecular formula is C19H22ClN3O4S. The standard InChI is InChI=1S/C19H22ClN3O4S/c1-28(26,27)17-6-4-14(11-16(17)20)23(18-12-21-8-9-22-18)19(25)7-3-13-2-5-15(24)10-13/h4,6,8-9,11-13,15,24H,2-3,5,7,10H2,1H3/t13?,15-/m1/s1. The summed E-state index contributed by atoms with van der Waals surface area (Å²) in [4.78, 5) is 22.6. The largest absolute Gasteiger partial charge is 0.393 e. The highest BCUT2D eigenvalue weighted by Gasteiger charge is 2.26. The molecule has 1 aromatic carbocycles. The van der Waals surface area contributed by atoms with E-state index >= 15 is 0 Å². The van der Waals surface area contributed by atoms with Gasteiger partial charge in [0, 0.05) is 25.1 Å². The molecular weight excluding hydrogens is 402 g/mol. The van der Waals surface area contributed by atoms with E-state index in [1.165, 1.54) is 41.7 Å². The first-order chi connectivity index (χ1) is 13.3. The van der Waals surface area contributed by atoms with Crippen LogP contribution in [0.5, 0.6) is 0 Å². The van der Waals surface area contributed by atoms with Crippen molar-refractivity contribution in [3.63, 3.8) is 0 Å². The molecule has 3 rings (SSSR count). The van der Waals surface area contributed by atoms with Crippen LogP contribution in [0.15, 0.2) is 41.7 Å². The molecule has 1 aliphatic carbocycles. The molecule has 0 aliphatic heterocycles. The van der Waals surface area contributed by atoms with Gasteiger partial charge in [-0.2, -0.15) is 0 Å². The van der Waals surface area contributed by atoms with Crippen LogP contribution in [0.1, 0.15) is 32.1 Å². The summed E-state index contributed by atoms with van der Waals surface area (Å²) in [5.74, 6) is 0.464. The minimum atomic E-state index is -3.47. The SMILES string of the molecule is CS(=O)(=O)c1ccc(N(C(=O)CCC2CC[C@@H](O)C2)c2cnccn2)cc1Cl. The number of halogens is 1. The highest BCUT2D eigenvalue weighted by Crippen LogP contribution is 2.33.